The average molecular weight is 321 g/mol. The van der Waals surface area contributed by atoms with Crippen LogP contribution in [-0.2, 0) is 6.54 Å². The number of aromatic nitrogens is 1. The van der Waals surface area contributed by atoms with Gasteiger partial charge in [-0.3, -0.25) is 15.0 Å². The first-order chi connectivity index (χ1) is 10.2. The molecule has 0 radical (unpaired) electrons. The van der Waals surface area contributed by atoms with E-state index in [1.54, 1.807) is 0 Å². The van der Waals surface area contributed by atoms with Gasteiger partial charge < -0.3 is 0 Å². The molecule has 3 rings (SSSR count). The molecule has 0 saturated carbocycles. The summed E-state index contributed by atoms with van der Waals surface area (Å²) in [7, 11) is 0. The topological polar surface area (TPSA) is 45.2 Å². The van der Waals surface area contributed by atoms with E-state index in [0.29, 0.717) is 5.13 Å². The molecule has 0 atom stereocenters. The Hall–Kier alpha value is -1.24. The largest absolute Gasteiger partial charge is 0.297 e. The van der Waals surface area contributed by atoms with Crippen LogP contribution in [-0.4, -0.2) is 28.9 Å². The van der Waals surface area contributed by atoms with Crippen LogP contribution in [0.1, 0.15) is 40.2 Å². The van der Waals surface area contributed by atoms with Gasteiger partial charge in [-0.2, -0.15) is 0 Å². The molecule has 3 heterocycles. The molecule has 0 unspecified atom stereocenters. The first kappa shape index (κ1) is 14.7. The van der Waals surface area contributed by atoms with E-state index in [4.69, 9.17) is 0 Å². The second-order valence-electron chi connectivity index (χ2n) is 5.37. The average Bonchev–Trinajstić information content (AvgIpc) is 3.09. The third-order valence-electron chi connectivity index (χ3n) is 3.67. The minimum atomic E-state index is -0.0543. The van der Waals surface area contributed by atoms with Crippen molar-refractivity contribution in [1.29, 1.82) is 0 Å². The van der Waals surface area contributed by atoms with Crippen LogP contribution in [0.2, 0.25) is 0 Å². The lowest BCUT2D eigenvalue weighted by molar-refractivity contribution is 0.103. The lowest BCUT2D eigenvalue weighted by Gasteiger charge is -2.25. The van der Waals surface area contributed by atoms with E-state index in [9.17, 15) is 4.79 Å². The smallest absolute Gasteiger partial charge is 0.267 e. The lowest BCUT2D eigenvalue weighted by Crippen LogP contribution is -2.29. The monoisotopic (exact) mass is 321 g/mol. The Balaban J connectivity index is 1.60. The number of anilines is 1. The van der Waals surface area contributed by atoms with Gasteiger partial charge in [-0.25, -0.2) is 4.98 Å². The summed E-state index contributed by atoms with van der Waals surface area (Å²) in [5.74, 6) is -0.0543. The van der Waals surface area contributed by atoms with Gasteiger partial charge in [0.2, 0.25) is 0 Å². The van der Waals surface area contributed by atoms with Crippen molar-refractivity contribution < 1.29 is 4.79 Å². The molecule has 2 aromatic heterocycles. The van der Waals surface area contributed by atoms with Crippen LogP contribution in [0.15, 0.2) is 16.8 Å². The minimum absolute atomic E-state index is 0.0543. The number of nitrogens with one attached hydrogen (secondary N) is 1. The second kappa shape index (κ2) is 6.68. The predicted molar refractivity (Wildman–Crippen MR) is 88.3 cm³/mol. The maximum Gasteiger partial charge on any atom is 0.267 e. The Labute approximate surface area is 132 Å². The van der Waals surface area contributed by atoms with Crippen molar-refractivity contribution in [2.24, 2.45) is 0 Å². The van der Waals surface area contributed by atoms with Crippen LogP contribution in [0.25, 0.3) is 0 Å². The molecule has 0 aromatic carbocycles. The second-order valence-corrected chi connectivity index (χ2v) is 7.14. The predicted octanol–water partition coefficient (Wildman–Crippen LogP) is 3.75. The van der Waals surface area contributed by atoms with Gasteiger partial charge in [-0.15, -0.1) is 22.7 Å². The van der Waals surface area contributed by atoms with Crippen LogP contribution in [0.3, 0.4) is 0 Å². The first-order valence-electron chi connectivity index (χ1n) is 7.24. The molecule has 1 aliphatic heterocycles. The molecule has 21 heavy (non-hydrogen) atoms. The number of likely N-dealkylation sites (tertiary alicyclic amines) is 1. The van der Waals surface area contributed by atoms with Crippen molar-refractivity contribution in [2.75, 3.05) is 18.4 Å². The number of carbonyl (C=O) groups excluding carboxylic acids is 1. The molecule has 6 heteroatoms. The quantitative estimate of drug-likeness (QED) is 0.933. The molecule has 2 aromatic rings. The van der Waals surface area contributed by atoms with Gasteiger partial charge in [-0.1, -0.05) is 6.42 Å². The number of amides is 1. The normalized spacial score (nSPS) is 16.0. The van der Waals surface area contributed by atoms with Crippen molar-refractivity contribution in [3.63, 3.8) is 0 Å². The molecule has 1 saturated heterocycles. The standard InChI is InChI=1S/C15H19N3OS2/c1-11-5-8-20-13(11)14(19)17-15-16-12(10-21-15)9-18-6-3-2-4-7-18/h5,8,10H,2-4,6-7,9H2,1H3,(H,16,17,19). The Morgan fingerprint density at radius 3 is 2.86 bits per heavy atom. The van der Waals surface area contributed by atoms with Gasteiger partial charge in [0.05, 0.1) is 10.6 Å². The van der Waals surface area contributed by atoms with Gasteiger partial charge >= 0.3 is 0 Å². The molecule has 1 amide bonds. The Kier molecular flexibility index (Phi) is 4.67. The molecule has 1 aliphatic rings. The third-order valence-corrected chi connectivity index (χ3v) is 5.50. The van der Waals surface area contributed by atoms with Crippen molar-refractivity contribution in [3.05, 3.63) is 33.0 Å². The van der Waals surface area contributed by atoms with Crippen LogP contribution in [0.5, 0.6) is 0 Å². The number of hydrogen-bond acceptors (Lipinski definition) is 5. The van der Waals surface area contributed by atoms with Crippen molar-refractivity contribution in [1.82, 2.24) is 9.88 Å². The van der Waals surface area contributed by atoms with Crippen LogP contribution in [0.4, 0.5) is 5.13 Å². The highest BCUT2D eigenvalue weighted by atomic mass is 32.1. The molecule has 0 aliphatic carbocycles. The van der Waals surface area contributed by atoms with Crippen LogP contribution in [0, 0.1) is 6.92 Å². The first-order valence-corrected chi connectivity index (χ1v) is 9.00. The number of thiophene rings is 1. The van der Waals surface area contributed by atoms with E-state index in [1.165, 1.54) is 41.9 Å². The summed E-state index contributed by atoms with van der Waals surface area (Å²) >= 11 is 2.97. The fourth-order valence-corrected chi connectivity index (χ4v) is 4.06. The van der Waals surface area contributed by atoms with Gasteiger partial charge in [0, 0.05) is 11.9 Å². The van der Waals surface area contributed by atoms with Gasteiger partial charge in [0.15, 0.2) is 5.13 Å². The van der Waals surface area contributed by atoms with Crippen molar-refractivity contribution in [3.8, 4) is 0 Å². The molecule has 0 spiro atoms. The van der Waals surface area contributed by atoms with E-state index < -0.39 is 0 Å². The zero-order valence-corrected chi connectivity index (χ0v) is 13.7. The molecule has 0 bridgehead atoms. The van der Waals surface area contributed by atoms with Crippen LogP contribution >= 0.6 is 22.7 Å². The highest BCUT2D eigenvalue weighted by Gasteiger charge is 2.15. The fraction of sp³-hybridized carbons (Fsp3) is 0.467. The zero-order chi connectivity index (χ0) is 14.7. The molecule has 1 fully saturated rings. The van der Waals surface area contributed by atoms with Gasteiger partial charge in [0.25, 0.3) is 5.91 Å². The summed E-state index contributed by atoms with van der Waals surface area (Å²) in [6.07, 6.45) is 3.91. The lowest BCUT2D eigenvalue weighted by atomic mass is 10.1. The highest BCUT2D eigenvalue weighted by Crippen LogP contribution is 2.21. The highest BCUT2D eigenvalue weighted by molar-refractivity contribution is 7.14. The molecule has 4 nitrogen and oxygen atoms in total. The maximum absolute atomic E-state index is 12.2. The maximum atomic E-state index is 12.2. The summed E-state index contributed by atoms with van der Waals surface area (Å²) in [5.41, 5.74) is 2.07. The Bertz CT molecular complexity index is 614. The van der Waals surface area contributed by atoms with Crippen LogP contribution < -0.4 is 5.32 Å². The molecular weight excluding hydrogens is 302 g/mol. The van der Waals surface area contributed by atoms with E-state index in [0.717, 1.165) is 35.8 Å². The minimum Gasteiger partial charge on any atom is -0.297 e. The Morgan fingerprint density at radius 2 is 2.14 bits per heavy atom. The van der Waals surface area contributed by atoms with Crippen molar-refractivity contribution >= 4 is 33.7 Å². The summed E-state index contributed by atoms with van der Waals surface area (Å²) in [5, 5.41) is 7.58. The number of hydrogen-bond donors (Lipinski definition) is 1. The summed E-state index contributed by atoms with van der Waals surface area (Å²) in [6, 6.07) is 1.96. The van der Waals surface area contributed by atoms with Gasteiger partial charge in [-0.05, 0) is 49.9 Å². The van der Waals surface area contributed by atoms with E-state index in [-0.39, 0.29) is 5.91 Å². The SMILES string of the molecule is Cc1ccsc1C(=O)Nc1nc(CN2CCCCC2)cs1. The van der Waals surface area contributed by atoms with E-state index >= 15 is 0 Å². The number of rotatable bonds is 4. The summed E-state index contributed by atoms with van der Waals surface area (Å²) in [4.78, 5) is 19.9. The van der Waals surface area contributed by atoms with Crippen molar-refractivity contribution in [2.45, 2.75) is 32.7 Å². The number of nitrogens with zero attached hydrogens (tertiary/aromatic N) is 2. The molecular formula is C15H19N3OS2. The van der Waals surface area contributed by atoms with E-state index in [1.807, 2.05) is 23.8 Å². The number of piperidine rings is 1. The summed E-state index contributed by atoms with van der Waals surface area (Å²) < 4.78 is 0. The third kappa shape index (κ3) is 3.70. The number of aryl methyl sites for hydroxylation is 1. The van der Waals surface area contributed by atoms with E-state index in [2.05, 4.69) is 15.2 Å². The molecule has 112 valence electrons. The number of carbonyl (C=O) groups is 1. The number of thiazole rings is 1. The zero-order valence-electron chi connectivity index (χ0n) is 12.1. The molecule has 1 N–H and O–H groups in total. The fourth-order valence-electron chi connectivity index (χ4n) is 2.54. The Morgan fingerprint density at radius 1 is 1.33 bits per heavy atom. The summed E-state index contributed by atoms with van der Waals surface area (Å²) in [6.45, 7) is 5.17. The van der Waals surface area contributed by atoms with Gasteiger partial charge in [0.1, 0.15) is 0 Å².